The molecule has 0 heterocycles. The minimum absolute atomic E-state index is 0. The van der Waals surface area contributed by atoms with Crippen LogP contribution in [0.5, 0.6) is 0 Å². The van der Waals surface area contributed by atoms with E-state index >= 15 is 0 Å². The third kappa shape index (κ3) is 778. The van der Waals surface area contributed by atoms with Crippen molar-refractivity contribution in [3.05, 3.63) is 0 Å². The van der Waals surface area contributed by atoms with E-state index in [1.54, 1.807) is 0 Å². The van der Waals surface area contributed by atoms with E-state index in [1.165, 1.54) is 0 Å². The SMILES string of the molecule is CC(=O)O.NC(=S)S.[H-].[Na+]. The summed E-state index contributed by atoms with van der Waals surface area (Å²) in [5, 5.41) is 7.42. The van der Waals surface area contributed by atoms with E-state index in [2.05, 4.69) is 24.8 Å². The Morgan fingerprint density at radius 1 is 1.89 bits per heavy atom. The summed E-state index contributed by atoms with van der Waals surface area (Å²) in [6.45, 7) is 1.08. The first kappa shape index (κ1) is 16.4. The molecule has 0 radical (unpaired) electrons. The summed E-state index contributed by atoms with van der Waals surface area (Å²) in [6, 6.07) is 0. The minimum atomic E-state index is -0.833. The largest absolute Gasteiger partial charge is 1.00 e. The Balaban J connectivity index is -0.0000000300. The summed E-state index contributed by atoms with van der Waals surface area (Å²) < 4.78 is 0.194. The van der Waals surface area contributed by atoms with Crippen molar-refractivity contribution < 1.29 is 40.9 Å². The molecular formula is C3H8NNaO2S2. The molecule has 0 aliphatic heterocycles. The van der Waals surface area contributed by atoms with Gasteiger partial charge in [-0.15, -0.1) is 12.6 Å². The monoisotopic (exact) mass is 177 g/mol. The fourth-order valence-corrected chi connectivity index (χ4v) is 0. The van der Waals surface area contributed by atoms with Crippen molar-refractivity contribution >= 4 is 35.1 Å². The summed E-state index contributed by atoms with van der Waals surface area (Å²) in [6.07, 6.45) is 0. The predicted molar refractivity (Wildman–Crippen MR) is 40.2 cm³/mol. The molecule has 0 aromatic carbocycles. The Morgan fingerprint density at radius 2 is 1.89 bits per heavy atom. The maximum absolute atomic E-state index is 9.00. The molecule has 0 spiro atoms. The Morgan fingerprint density at radius 3 is 1.89 bits per heavy atom. The van der Waals surface area contributed by atoms with Crippen molar-refractivity contribution in [3.8, 4) is 0 Å². The van der Waals surface area contributed by atoms with Crippen molar-refractivity contribution in [2.24, 2.45) is 5.73 Å². The van der Waals surface area contributed by atoms with Crippen LogP contribution in [0.25, 0.3) is 0 Å². The first-order valence-electron chi connectivity index (χ1n) is 1.64. The fraction of sp³-hybridized carbons (Fsp3) is 0.333. The van der Waals surface area contributed by atoms with Gasteiger partial charge in [0.1, 0.15) is 4.32 Å². The number of carbonyl (C=O) groups is 1. The van der Waals surface area contributed by atoms with Crippen molar-refractivity contribution in [2.45, 2.75) is 6.92 Å². The number of rotatable bonds is 0. The Hall–Kier alpha value is 0.710. The van der Waals surface area contributed by atoms with E-state index in [0.717, 1.165) is 6.92 Å². The van der Waals surface area contributed by atoms with Crippen LogP contribution >= 0.6 is 24.8 Å². The number of hydrogen-bond donors (Lipinski definition) is 3. The van der Waals surface area contributed by atoms with Gasteiger partial charge in [0, 0.05) is 6.92 Å². The molecule has 0 saturated carbocycles. The molecule has 0 aromatic rings. The van der Waals surface area contributed by atoms with Gasteiger partial charge in [-0.2, -0.15) is 0 Å². The van der Waals surface area contributed by atoms with Crippen molar-refractivity contribution in [1.29, 1.82) is 0 Å². The van der Waals surface area contributed by atoms with Gasteiger partial charge in [0.2, 0.25) is 0 Å². The van der Waals surface area contributed by atoms with Crippen LogP contribution in [0.3, 0.4) is 0 Å². The van der Waals surface area contributed by atoms with Crippen LogP contribution < -0.4 is 35.3 Å². The minimum Gasteiger partial charge on any atom is -1.00 e. The standard InChI is InChI=1S/C2H4O2.CH3NS2.Na.H/c1-2(3)4;2-1(3)4;;/h1H3,(H,3,4);(H3,2,3,4);;/q;;+1;-1. The number of thiol groups is 1. The molecule has 9 heavy (non-hydrogen) atoms. The van der Waals surface area contributed by atoms with Gasteiger partial charge in [0.05, 0.1) is 0 Å². The van der Waals surface area contributed by atoms with Gasteiger partial charge in [-0.05, 0) is 0 Å². The van der Waals surface area contributed by atoms with Gasteiger partial charge < -0.3 is 12.3 Å². The number of nitrogens with two attached hydrogens (primary N) is 1. The van der Waals surface area contributed by atoms with Gasteiger partial charge >= 0.3 is 29.6 Å². The smallest absolute Gasteiger partial charge is 1.00 e. The summed E-state index contributed by atoms with van der Waals surface area (Å²) in [7, 11) is 0. The second-order valence-electron chi connectivity index (χ2n) is 0.857. The van der Waals surface area contributed by atoms with Gasteiger partial charge in [-0.25, -0.2) is 0 Å². The normalized spacial score (nSPS) is 5.56. The average Bonchev–Trinajstić information content (AvgIpc) is 1.25. The molecule has 0 amide bonds. The first-order valence-corrected chi connectivity index (χ1v) is 2.50. The van der Waals surface area contributed by atoms with Crippen LogP contribution in [-0.2, 0) is 4.79 Å². The van der Waals surface area contributed by atoms with Crippen LogP contribution in [0.15, 0.2) is 0 Å². The number of aliphatic carboxylic acids is 1. The maximum atomic E-state index is 9.00. The Labute approximate surface area is 88.2 Å². The topological polar surface area (TPSA) is 63.3 Å². The fourth-order valence-electron chi connectivity index (χ4n) is 0. The molecule has 0 fully saturated rings. The maximum Gasteiger partial charge on any atom is 1.00 e. The van der Waals surface area contributed by atoms with E-state index in [4.69, 9.17) is 15.6 Å². The number of carboxylic acid groups (broad SMARTS) is 1. The second kappa shape index (κ2) is 11.5. The van der Waals surface area contributed by atoms with Crippen LogP contribution in [0.4, 0.5) is 0 Å². The molecule has 0 saturated heterocycles. The van der Waals surface area contributed by atoms with Crippen molar-refractivity contribution in [1.82, 2.24) is 0 Å². The quantitative estimate of drug-likeness (QED) is 0.215. The van der Waals surface area contributed by atoms with Gasteiger partial charge in [0.15, 0.2) is 0 Å². The molecule has 0 atom stereocenters. The summed E-state index contributed by atoms with van der Waals surface area (Å²) >= 11 is 7.65. The molecular weight excluding hydrogens is 169 g/mol. The molecule has 0 aromatic heterocycles. The van der Waals surface area contributed by atoms with E-state index < -0.39 is 5.97 Å². The van der Waals surface area contributed by atoms with E-state index in [0.29, 0.717) is 0 Å². The Bertz CT molecular complexity index is 82.5. The average molecular weight is 177 g/mol. The van der Waals surface area contributed by atoms with Gasteiger partial charge in [0.25, 0.3) is 5.97 Å². The first-order chi connectivity index (χ1) is 3.46. The molecule has 50 valence electrons. The number of carboxylic acids is 1. The van der Waals surface area contributed by atoms with Crippen molar-refractivity contribution in [3.63, 3.8) is 0 Å². The third-order valence-electron chi connectivity index (χ3n) is 0. The summed E-state index contributed by atoms with van der Waals surface area (Å²) in [5.74, 6) is -0.833. The summed E-state index contributed by atoms with van der Waals surface area (Å²) in [5.41, 5.74) is 4.71. The molecule has 0 unspecified atom stereocenters. The number of hydrogen-bond acceptors (Lipinski definition) is 2. The molecule has 0 bridgehead atoms. The molecule has 0 aliphatic rings. The van der Waals surface area contributed by atoms with Crippen LogP contribution in [0.1, 0.15) is 8.35 Å². The van der Waals surface area contributed by atoms with Gasteiger partial charge in [-0.3, -0.25) is 4.79 Å². The van der Waals surface area contributed by atoms with E-state index in [1.807, 2.05) is 0 Å². The van der Waals surface area contributed by atoms with Crippen LogP contribution in [0, 0.1) is 0 Å². The summed E-state index contributed by atoms with van der Waals surface area (Å²) in [4.78, 5) is 9.00. The zero-order chi connectivity index (χ0) is 7.15. The number of thiocarbonyl (C=S) groups is 1. The third-order valence-corrected chi connectivity index (χ3v) is 0. The van der Waals surface area contributed by atoms with E-state index in [9.17, 15) is 0 Å². The molecule has 6 heteroatoms. The molecule has 0 aliphatic carbocycles. The Kier molecular flexibility index (Phi) is 20.9. The van der Waals surface area contributed by atoms with Crippen LogP contribution in [0.2, 0.25) is 0 Å². The zero-order valence-electron chi connectivity index (χ0n) is 6.29. The second-order valence-corrected chi connectivity index (χ2v) is 2.08. The molecule has 0 rings (SSSR count). The zero-order valence-corrected chi connectivity index (χ0v) is 9.00. The molecule has 3 nitrogen and oxygen atoms in total. The van der Waals surface area contributed by atoms with Crippen molar-refractivity contribution in [2.75, 3.05) is 0 Å². The predicted octanol–water partition coefficient (Wildman–Crippen LogP) is -2.63. The van der Waals surface area contributed by atoms with Gasteiger partial charge in [-0.1, -0.05) is 12.2 Å². The van der Waals surface area contributed by atoms with E-state index in [-0.39, 0.29) is 35.3 Å². The molecule has 3 N–H and O–H groups in total. The van der Waals surface area contributed by atoms with Crippen LogP contribution in [-0.4, -0.2) is 15.4 Å².